The van der Waals surface area contributed by atoms with Crippen molar-refractivity contribution in [3.8, 4) is 0 Å². The van der Waals surface area contributed by atoms with Gasteiger partial charge in [-0.25, -0.2) is 0 Å². The third-order valence-electron chi connectivity index (χ3n) is 3.22. The molecule has 0 fully saturated rings. The van der Waals surface area contributed by atoms with Crippen molar-refractivity contribution in [2.45, 2.75) is 77.6 Å². The third-order valence-corrected chi connectivity index (χ3v) is 3.22. The average Bonchev–Trinajstić information content (AvgIpc) is 2.34. The van der Waals surface area contributed by atoms with E-state index in [4.69, 9.17) is 5.11 Å². The topological polar surface area (TPSA) is 49.3 Å². The number of nitrogens with one attached hydrogen (secondary N) is 1. The van der Waals surface area contributed by atoms with Crippen LogP contribution in [0.2, 0.25) is 0 Å². The summed E-state index contributed by atoms with van der Waals surface area (Å²) in [6.07, 6.45) is 13.7. The van der Waals surface area contributed by atoms with Gasteiger partial charge in [0.15, 0.2) is 0 Å². The van der Waals surface area contributed by atoms with E-state index in [2.05, 4.69) is 12.2 Å². The summed E-state index contributed by atoms with van der Waals surface area (Å²) in [6, 6.07) is 0. The zero-order valence-electron chi connectivity index (χ0n) is 13.4. The predicted octanol–water partition coefficient (Wildman–Crippen LogP) is -2.02. The number of halogens is 1. The van der Waals surface area contributed by atoms with E-state index >= 15 is 0 Å². The first kappa shape index (κ1) is 25.7. The smallest absolute Gasteiger partial charge is 1.00 e. The Morgan fingerprint density at radius 3 is 1.75 bits per heavy atom. The second kappa shape index (κ2) is 22.0. The van der Waals surface area contributed by atoms with E-state index in [1.807, 2.05) is 0 Å². The first-order valence-corrected chi connectivity index (χ1v) is 7.70. The van der Waals surface area contributed by atoms with Crippen molar-refractivity contribution in [3.05, 3.63) is 0 Å². The molecule has 5 heteroatoms. The Labute approximate surface area is 153 Å². The van der Waals surface area contributed by atoms with Gasteiger partial charge in [0.1, 0.15) is 0 Å². The fraction of sp³-hybridized carbons (Fsp3) is 0.933. The second-order valence-electron chi connectivity index (χ2n) is 5.08. The summed E-state index contributed by atoms with van der Waals surface area (Å²) in [7, 11) is 0. The van der Waals surface area contributed by atoms with Crippen LogP contribution in [-0.2, 0) is 4.79 Å². The number of carbonyl (C=O) groups is 1. The average molecular weight is 316 g/mol. The van der Waals surface area contributed by atoms with Crippen molar-refractivity contribution in [3.63, 3.8) is 0 Å². The Bertz CT molecular complexity index is 195. The summed E-state index contributed by atoms with van der Waals surface area (Å²) >= 11 is 0. The van der Waals surface area contributed by atoms with Gasteiger partial charge in [-0.15, -0.1) is 0 Å². The van der Waals surface area contributed by atoms with Crippen LogP contribution >= 0.6 is 0 Å². The number of hydrogen-bond donors (Lipinski definition) is 2. The maximum absolute atomic E-state index is 10.3. The van der Waals surface area contributed by atoms with Crippen LogP contribution in [0.4, 0.5) is 0 Å². The minimum absolute atomic E-state index is 0. The molecule has 0 amide bonds. The number of carboxylic acids is 1. The second-order valence-corrected chi connectivity index (χ2v) is 5.08. The molecule has 0 bridgehead atoms. The van der Waals surface area contributed by atoms with E-state index in [9.17, 15) is 4.79 Å². The molecular formula is C15H31ClNNaO2. The zero-order chi connectivity index (χ0) is 13.5. The molecule has 0 saturated carbocycles. The molecule has 20 heavy (non-hydrogen) atoms. The number of aliphatic carboxylic acids is 1. The first-order valence-electron chi connectivity index (χ1n) is 7.70. The molecule has 0 unspecified atom stereocenters. The van der Waals surface area contributed by atoms with Gasteiger partial charge in [0.2, 0.25) is 0 Å². The van der Waals surface area contributed by atoms with Crippen LogP contribution in [-0.4, -0.2) is 24.2 Å². The molecule has 0 heterocycles. The van der Waals surface area contributed by atoms with Crippen molar-refractivity contribution in [2.24, 2.45) is 0 Å². The van der Waals surface area contributed by atoms with Crippen molar-refractivity contribution in [2.75, 3.05) is 13.1 Å². The van der Waals surface area contributed by atoms with E-state index in [0.29, 0.717) is 6.54 Å². The van der Waals surface area contributed by atoms with Gasteiger partial charge in [-0.2, -0.15) is 0 Å². The van der Waals surface area contributed by atoms with Crippen LogP contribution in [0, 0.1) is 0 Å². The van der Waals surface area contributed by atoms with E-state index in [1.165, 1.54) is 64.2 Å². The number of rotatable bonds is 14. The molecule has 116 valence electrons. The normalized spacial score (nSPS) is 9.65. The Morgan fingerprint density at radius 1 is 0.850 bits per heavy atom. The van der Waals surface area contributed by atoms with Crippen LogP contribution < -0.4 is 47.3 Å². The van der Waals surface area contributed by atoms with Crippen molar-refractivity contribution < 1.29 is 51.9 Å². The molecular weight excluding hydrogens is 285 g/mol. The summed E-state index contributed by atoms with van der Waals surface area (Å²) in [6.45, 7) is 3.82. The summed E-state index contributed by atoms with van der Waals surface area (Å²) in [5.74, 6) is -0.717. The minimum atomic E-state index is -0.717. The van der Waals surface area contributed by atoms with E-state index in [1.54, 1.807) is 0 Å². The molecule has 0 atom stereocenters. The Kier molecular flexibility index (Phi) is 28.2. The molecule has 0 aromatic carbocycles. The molecule has 0 aromatic heterocycles. The number of unbranched alkanes of at least 4 members (excludes halogenated alkanes) is 9. The predicted molar refractivity (Wildman–Crippen MR) is 77.0 cm³/mol. The monoisotopic (exact) mass is 315 g/mol. The molecule has 0 aliphatic heterocycles. The fourth-order valence-corrected chi connectivity index (χ4v) is 2.06. The van der Waals surface area contributed by atoms with Gasteiger partial charge >= 0.3 is 35.5 Å². The first-order chi connectivity index (χ1) is 8.77. The maximum Gasteiger partial charge on any atom is 1.00 e. The van der Waals surface area contributed by atoms with E-state index in [-0.39, 0.29) is 48.4 Å². The fourth-order valence-electron chi connectivity index (χ4n) is 2.06. The quantitative estimate of drug-likeness (QED) is 0.287. The molecule has 3 nitrogen and oxygen atoms in total. The molecule has 0 radical (unpaired) electrons. The van der Waals surface area contributed by atoms with Gasteiger partial charge < -0.3 is 22.8 Å². The summed E-state index contributed by atoms with van der Waals surface area (Å²) in [5, 5.41) is 11.6. The van der Waals surface area contributed by atoms with Crippen molar-refractivity contribution in [1.82, 2.24) is 5.32 Å². The molecule has 0 rings (SSSR count). The van der Waals surface area contributed by atoms with Gasteiger partial charge in [-0.3, -0.25) is 4.79 Å². The third kappa shape index (κ3) is 23.8. The van der Waals surface area contributed by atoms with Gasteiger partial charge in [-0.1, -0.05) is 64.7 Å². The Hall–Kier alpha value is 0.720. The van der Waals surface area contributed by atoms with Gasteiger partial charge in [-0.05, 0) is 13.0 Å². The molecule has 2 N–H and O–H groups in total. The van der Waals surface area contributed by atoms with Crippen LogP contribution in [0.5, 0.6) is 0 Å². The summed E-state index contributed by atoms with van der Waals surface area (Å²) in [4.78, 5) is 10.3. The number of carboxylic acid groups (broad SMARTS) is 1. The van der Waals surface area contributed by atoms with Gasteiger partial charge in [0.25, 0.3) is 0 Å². The summed E-state index contributed by atoms with van der Waals surface area (Å²) in [5.41, 5.74) is 0. The van der Waals surface area contributed by atoms with Crippen molar-refractivity contribution >= 4 is 5.97 Å². The van der Waals surface area contributed by atoms with Crippen molar-refractivity contribution in [1.29, 1.82) is 0 Å². The SMILES string of the molecule is CCCCCCCCCCCCNCCC(=O)O.[Cl-].[Na+]. The van der Waals surface area contributed by atoms with E-state index < -0.39 is 5.97 Å². The summed E-state index contributed by atoms with van der Waals surface area (Å²) < 4.78 is 0. The molecule has 0 saturated heterocycles. The Morgan fingerprint density at radius 2 is 1.30 bits per heavy atom. The van der Waals surface area contributed by atoms with Gasteiger partial charge in [0.05, 0.1) is 6.42 Å². The van der Waals surface area contributed by atoms with E-state index in [0.717, 1.165) is 6.54 Å². The molecule has 0 aliphatic carbocycles. The van der Waals surface area contributed by atoms with Crippen LogP contribution in [0.25, 0.3) is 0 Å². The molecule has 0 spiro atoms. The van der Waals surface area contributed by atoms with Crippen LogP contribution in [0.1, 0.15) is 77.6 Å². The molecule has 0 aromatic rings. The standard InChI is InChI=1S/C15H31NO2.ClH.Na/c1-2-3-4-5-6-7-8-9-10-11-13-16-14-12-15(17)18;;/h16H,2-14H2,1H3,(H,17,18);1H;/q;;+1/p-1. The minimum Gasteiger partial charge on any atom is -1.00 e. The largest absolute Gasteiger partial charge is 1.00 e. The number of hydrogen-bond acceptors (Lipinski definition) is 2. The van der Waals surface area contributed by atoms with Crippen LogP contribution in [0.15, 0.2) is 0 Å². The maximum atomic E-state index is 10.3. The van der Waals surface area contributed by atoms with Gasteiger partial charge in [0, 0.05) is 6.54 Å². The Balaban J connectivity index is -0.00000144. The zero-order valence-corrected chi connectivity index (χ0v) is 16.2. The molecule has 0 aliphatic rings. The van der Waals surface area contributed by atoms with Crippen LogP contribution in [0.3, 0.4) is 0 Å².